The Morgan fingerprint density at radius 3 is 2.67 bits per heavy atom. The summed E-state index contributed by atoms with van der Waals surface area (Å²) in [5, 5.41) is 25.2. The molecular weight excluding hydrogens is 278 g/mol. The van der Waals surface area contributed by atoms with Gasteiger partial charge in [-0.15, -0.1) is 0 Å². The van der Waals surface area contributed by atoms with Crippen LogP contribution in [0.2, 0.25) is 0 Å². The van der Waals surface area contributed by atoms with Gasteiger partial charge in [0.2, 0.25) is 5.52 Å². The number of aryl methyl sites for hydroxylation is 2. The molecule has 9 heteroatoms. The summed E-state index contributed by atoms with van der Waals surface area (Å²) in [6.07, 6.45) is 0. The second kappa shape index (κ2) is 4.85. The molecule has 3 rings (SSSR count). The SMILES string of the molecule is Cc1noc(C)c1CNc1ccc([N+](=O)[O-])c2nonc12. The third kappa shape index (κ3) is 2.18. The predicted molar refractivity (Wildman–Crippen MR) is 71.8 cm³/mol. The summed E-state index contributed by atoms with van der Waals surface area (Å²) < 4.78 is 9.69. The Bertz CT molecular complexity index is 803. The molecule has 0 aliphatic heterocycles. The minimum absolute atomic E-state index is 0.115. The van der Waals surface area contributed by atoms with E-state index in [1.165, 1.54) is 6.07 Å². The van der Waals surface area contributed by atoms with Crippen LogP contribution in [-0.4, -0.2) is 20.4 Å². The van der Waals surface area contributed by atoms with Gasteiger partial charge in [-0.3, -0.25) is 10.1 Å². The first-order chi connectivity index (χ1) is 10.1. The number of nitro groups is 1. The highest BCUT2D eigenvalue weighted by Gasteiger charge is 2.19. The molecule has 0 aliphatic rings. The predicted octanol–water partition coefficient (Wildman–Crippen LogP) is 2.35. The van der Waals surface area contributed by atoms with Crippen LogP contribution < -0.4 is 5.32 Å². The van der Waals surface area contributed by atoms with Gasteiger partial charge < -0.3 is 9.84 Å². The molecule has 1 aromatic carbocycles. The second-order valence-corrected chi connectivity index (χ2v) is 4.51. The quantitative estimate of drug-likeness (QED) is 0.574. The number of anilines is 1. The number of hydrogen-bond donors (Lipinski definition) is 1. The van der Waals surface area contributed by atoms with E-state index in [9.17, 15) is 10.1 Å². The van der Waals surface area contributed by atoms with E-state index in [4.69, 9.17) is 4.52 Å². The van der Waals surface area contributed by atoms with Crippen molar-refractivity contribution in [3.05, 3.63) is 39.3 Å². The van der Waals surface area contributed by atoms with Crippen LogP contribution in [0.3, 0.4) is 0 Å². The van der Waals surface area contributed by atoms with Crippen LogP contribution in [0.1, 0.15) is 17.0 Å². The number of nitrogens with one attached hydrogen (secondary N) is 1. The average Bonchev–Trinajstić information content (AvgIpc) is 3.04. The summed E-state index contributed by atoms with van der Waals surface area (Å²) in [6, 6.07) is 2.94. The Kier molecular flexibility index (Phi) is 3.01. The van der Waals surface area contributed by atoms with Crippen molar-refractivity contribution in [3.63, 3.8) is 0 Å². The lowest BCUT2D eigenvalue weighted by molar-refractivity contribution is -0.383. The van der Waals surface area contributed by atoms with Crippen molar-refractivity contribution in [2.24, 2.45) is 0 Å². The standard InChI is InChI=1S/C12H11N5O4/c1-6-8(7(2)20-14-6)5-13-9-3-4-10(17(18)19)12-11(9)15-21-16-12/h3-4,13H,5H2,1-2H3. The van der Waals surface area contributed by atoms with Gasteiger partial charge in [-0.2, -0.15) is 0 Å². The zero-order chi connectivity index (χ0) is 15.0. The fraction of sp³-hybridized carbons (Fsp3) is 0.250. The third-order valence-corrected chi connectivity index (χ3v) is 3.23. The van der Waals surface area contributed by atoms with Gasteiger partial charge in [0.05, 0.1) is 16.3 Å². The molecule has 21 heavy (non-hydrogen) atoms. The zero-order valence-corrected chi connectivity index (χ0v) is 11.3. The molecule has 0 fully saturated rings. The maximum absolute atomic E-state index is 10.9. The Hall–Kier alpha value is -2.97. The van der Waals surface area contributed by atoms with Gasteiger partial charge in [0.1, 0.15) is 5.76 Å². The monoisotopic (exact) mass is 289 g/mol. The Morgan fingerprint density at radius 2 is 2.00 bits per heavy atom. The minimum Gasteiger partial charge on any atom is -0.379 e. The number of non-ortho nitro benzene ring substituents is 1. The molecule has 2 aromatic heterocycles. The topological polar surface area (TPSA) is 120 Å². The maximum atomic E-state index is 10.9. The molecule has 0 unspecified atom stereocenters. The third-order valence-electron chi connectivity index (χ3n) is 3.23. The van der Waals surface area contributed by atoms with Crippen LogP contribution >= 0.6 is 0 Å². The Labute approximate surface area is 118 Å². The number of benzene rings is 1. The van der Waals surface area contributed by atoms with Crippen molar-refractivity contribution < 1.29 is 14.1 Å². The van der Waals surface area contributed by atoms with Gasteiger partial charge in [0, 0.05) is 18.2 Å². The van der Waals surface area contributed by atoms with Gasteiger partial charge in [-0.1, -0.05) is 5.16 Å². The smallest absolute Gasteiger partial charge is 0.300 e. The number of rotatable bonds is 4. The Balaban J connectivity index is 1.93. The fourth-order valence-electron chi connectivity index (χ4n) is 2.08. The van der Waals surface area contributed by atoms with Gasteiger partial charge in [-0.05, 0) is 30.2 Å². The van der Waals surface area contributed by atoms with Crippen LogP contribution in [0, 0.1) is 24.0 Å². The van der Waals surface area contributed by atoms with Crippen molar-refractivity contribution >= 4 is 22.4 Å². The molecule has 9 nitrogen and oxygen atoms in total. The number of nitrogens with zero attached hydrogens (tertiary/aromatic N) is 4. The highest BCUT2D eigenvalue weighted by atomic mass is 16.6. The number of fused-ring (bicyclic) bond motifs is 1. The van der Waals surface area contributed by atoms with Crippen molar-refractivity contribution in [1.82, 2.24) is 15.5 Å². The van der Waals surface area contributed by atoms with E-state index >= 15 is 0 Å². The largest absolute Gasteiger partial charge is 0.379 e. The lowest BCUT2D eigenvalue weighted by atomic mass is 10.2. The Morgan fingerprint density at radius 1 is 1.24 bits per heavy atom. The van der Waals surface area contributed by atoms with E-state index < -0.39 is 4.92 Å². The molecular formula is C12H11N5O4. The van der Waals surface area contributed by atoms with E-state index in [1.807, 2.05) is 13.8 Å². The van der Waals surface area contributed by atoms with Crippen molar-refractivity contribution in [2.75, 3.05) is 5.32 Å². The van der Waals surface area contributed by atoms with E-state index in [0.717, 1.165) is 17.0 Å². The van der Waals surface area contributed by atoms with Crippen molar-refractivity contribution in [3.8, 4) is 0 Å². The first-order valence-corrected chi connectivity index (χ1v) is 6.13. The lowest BCUT2D eigenvalue weighted by Crippen LogP contribution is -2.02. The van der Waals surface area contributed by atoms with Gasteiger partial charge >= 0.3 is 5.69 Å². The summed E-state index contributed by atoms with van der Waals surface area (Å²) in [6.45, 7) is 4.12. The average molecular weight is 289 g/mol. The number of hydrogen-bond acceptors (Lipinski definition) is 8. The molecule has 1 N–H and O–H groups in total. The van der Waals surface area contributed by atoms with Gasteiger partial charge in [0.15, 0.2) is 5.52 Å². The number of aromatic nitrogens is 3. The first-order valence-electron chi connectivity index (χ1n) is 6.13. The van der Waals surface area contributed by atoms with E-state index in [0.29, 0.717) is 17.7 Å². The van der Waals surface area contributed by atoms with Crippen LogP contribution in [-0.2, 0) is 6.54 Å². The van der Waals surface area contributed by atoms with Crippen LogP contribution in [0.15, 0.2) is 21.3 Å². The first kappa shape index (κ1) is 13.0. The normalized spacial score (nSPS) is 11.0. The molecule has 0 atom stereocenters. The minimum atomic E-state index is -0.523. The van der Waals surface area contributed by atoms with E-state index in [-0.39, 0.29) is 11.2 Å². The lowest BCUT2D eigenvalue weighted by Gasteiger charge is -2.05. The summed E-state index contributed by atoms with van der Waals surface area (Å²) >= 11 is 0. The molecule has 3 aromatic rings. The van der Waals surface area contributed by atoms with Crippen LogP contribution in [0.25, 0.3) is 11.0 Å². The summed E-state index contributed by atoms with van der Waals surface area (Å²) in [4.78, 5) is 10.4. The van der Waals surface area contributed by atoms with Gasteiger partial charge in [-0.25, -0.2) is 4.63 Å². The second-order valence-electron chi connectivity index (χ2n) is 4.51. The summed E-state index contributed by atoms with van der Waals surface area (Å²) in [5.74, 6) is 0.719. The van der Waals surface area contributed by atoms with Crippen molar-refractivity contribution in [2.45, 2.75) is 20.4 Å². The maximum Gasteiger partial charge on any atom is 0.300 e. The molecule has 2 heterocycles. The van der Waals surface area contributed by atoms with Crippen molar-refractivity contribution in [1.29, 1.82) is 0 Å². The molecule has 0 saturated heterocycles. The van der Waals surface area contributed by atoms with Crippen LogP contribution in [0.4, 0.5) is 11.4 Å². The number of nitro benzene ring substituents is 1. The highest BCUT2D eigenvalue weighted by Crippen LogP contribution is 2.29. The molecule has 0 bridgehead atoms. The summed E-state index contributed by atoms with van der Waals surface area (Å²) in [7, 11) is 0. The zero-order valence-electron chi connectivity index (χ0n) is 11.3. The molecule has 0 spiro atoms. The summed E-state index contributed by atoms with van der Waals surface area (Å²) in [5.41, 5.74) is 2.60. The van der Waals surface area contributed by atoms with E-state index in [1.54, 1.807) is 6.07 Å². The molecule has 0 saturated carbocycles. The molecule has 0 amide bonds. The van der Waals surface area contributed by atoms with Gasteiger partial charge in [0.25, 0.3) is 0 Å². The fourth-order valence-corrected chi connectivity index (χ4v) is 2.08. The van der Waals surface area contributed by atoms with Crippen LogP contribution in [0.5, 0.6) is 0 Å². The highest BCUT2D eigenvalue weighted by molar-refractivity contribution is 5.93. The molecule has 108 valence electrons. The molecule has 0 aliphatic carbocycles. The molecule has 0 radical (unpaired) electrons. The van der Waals surface area contributed by atoms with E-state index in [2.05, 4.69) is 25.4 Å².